The van der Waals surface area contributed by atoms with Crippen molar-refractivity contribution in [2.24, 2.45) is 5.73 Å². The summed E-state index contributed by atoms with van der Waals surface area (Å²) < 4.78 is 37.5. The average Bonchev–Trinajstić information content (AvgIpc) is 2.15. The molecule has 1 heterocycles. The third kappa shape index (κ3) is 2.04. The summed E-state index contributed by atoms with van der Waals surface area (Å²) in [6.07, 6.45) is -2.42. The fraction of sp³-hybridized carbons (Fsp3) is 0.286. The first-order chi connectivity index (χ1) is 6.99. The lowest BCUT2D eigenvalue weighted by molar-refractivity contribution is -0.388. The zero-order chi connectivity index (χ0) is 11.6. The highest BCUT2D eigenvalue weighted by molar-refractivity contribution is 5.41. The minimum absolute atomic E-state index is 0.220. The predicted octanol–water partition coefficient (Wildman–Crippen LogP) is 1.53. The zero-order valence-corrected chi connectivity index (χ0v) is 7.28. The number of aromatic nitrogens is 1. The standard InChI is InChI=1S/C7H6F3N3O2/c8-4-5(7(9)10)12-2-3(1-11)6(4)13(14)15/h2,7H,1,11H2. The van der Waals surface area contributed by atoms with Gasteiger partial charge in [0.25, 0.3) is 6.43 Å². The summed E-state index contributed by atoms with van der Waals surface area (Å²) in [6, 6.07) is 0. The van der Waals surface area contributed by atoms with Crippen molar-refractivity contribution in [1.82, 2.24) is 4.98 Å². The van der Waals surface area contributed by atoms with Crippen molar-refractivity contribution in [3.8, 4) is 0 Å². The summed E-state index contributed by atoms with van der Waals surface area (Å²) in [7, 11) is 0. The predicted molar refractivity (Wildman–Crippen MR) is 43.7 cm³/mol. The largest absolute Gasteiger partial charge is 0.326 e. The van der Waals surface area contributed by atoms with Crippen LogP contribution in [0.2, 0.25) is 0 Å². The van der Waals surface area contributed by atoms with Crippen LogP contribution in [0.5, 0.6) is 0 Å². The number of halogens is 3. The molecule has 0 saturated heterocycles. The van der Waals surface area contributed by atoms with Crippen LogP contribution >= 0.6 is 0 Å². The molecule has 0 aliphatic heterocycles. The molecule has 0 atom stereocenters. The molecular formula is C7H6F3N3O2. The Hall–Kier alpha value is -1.70. The maximum Gasteiger partial charge on any atom is 0.312 e. The minimum Gasteiger partial charge on any atom is -0.326 e. The van der Waals surface area contributed by atoms with E-state index in [1.165, 1.54) is 0 Å². The third-order valence-electron chi connectivity index (χ3n) is 1.71. The van der Waals surface area contributed by atoms with E-state index >= 15 is 0 Å². The molecule has 0 amide bonds. The van der Waals surface area contributed by atoms with Gasteiger partial charge in [-0.25, -0.2) is 8.78 Å². The molecule has 82 valence electrons. The van der Waals surface area contributed by atoms with E-state index in [2.05, 4.69) is 4.98 Å². The van der Waals surface area contributed by atoms with Crippen molar-refractivity contribution in [3.63, 3.8) is 0 Å². The van der Waals surface area contributed by atoms with Crippen molar-refractivity contribution >= 4 is 5.69 Å². The molecule has 5 nitrogen and oxygen atoms in total. The van der Waals surface area contributed by atoms with Crippen LogP contribution in [0.25, 0.3) is 0 Å². The van der Waals surface area contributed by atoms with Crippen LogP contribution in [-0.4, -0.2) is 9.91 Å². The molecule has 0 bridgehead atoms. The van der Waals surface area contributed by atoms with E-state index in [1.807, 2.05) is 0 Å². The number of nitro groups is 1. The summed E-state index contributed by atoms with van der Waals surface area (Å²) in [5.74, 6) is -1.63. The lowest BCUT2D eigenvalue weighted by Gasteiger charge is -2.04. The highest BCUT2D eigenvalue weighted by Crippen LogP contribution is 2.28. The molecule has 0 saturated carbocycles. The van der Waals surface area contributed by atoms with Crippen LogP contribution in [0.15, 0.2) is 6.20 Å². The van der Waals surface area contributed by atoms with Gasteiger partial charge in [-0.05, 0) is 0 Å². The van der Waals surface area contributed by atoms with Crippen molar-refractivity contribution < 1.29 is 18.1 Å². The molecule has 8 heteroatoms. The van der Waals surface area contributed by atoms with Crippen LogP contribution in [0.4, 0.5) is 18.9 Å². The van der Waals surface area contributed by atoms with E-state index in [9.17, 15) is 23.3 Å². The average molecular weight is 221 g/mol. The molecule has 1 aromatic heterocycles. The molecule has 0 fully saturated rings. The number of nitrogens with zero attached hydrogens (tertiary/aromatic N) is 2. The van der Waals surface area contributed by atoms with Gasteiger partial charge < -0.3 is 5.73 Å². The number of nitrogens with two attached hydrogens (primary N) is 1. The second-order valence-corrected chi connectivity index (χ2v) is 2.59. The van der Waals surface area contributed by atoms with E-state index in [0.717, 1.165) is 6.20 Å². The molecule has 0 unspecified atom stereocenters. The van der Waals surface area contributed by atoms with Gasteiger partial charge in [-0.15, -0.1) is 0 Å². The first-order valence-electron chi connectivity index (χ1n) is 3.79. The highest BCUT2D eigenvalue weighted by Gasteiger charge is 2.27. The Balaban J connectivity index is 3.42. The topological polar surface area (TPSA) is 82.0 Å². The van der Waals surface area contributed by atoms with Gasteiger partial charge in [-0.2, -0.15) is 4.39 Å². The van der Waals surface area contributed by atoms with Crippen molar-refractivity contribution in [3.05, 3.63) is 33.4 Å². The number of hydrogen-bond donors (Lipinski definition) is 1. The molecule has 1 rings (SSSR count). The van der Waals surface area contributed by atoms with E-state index in [4.69, 9.17) is 5.73 Å². The van der Waals surface area contributed by atoms with Gasteiger partial charge in [0.15, 0.2) is 0 Å². The Morgan fingerprint density at radius 1 is 1.60 bits per heavy atom. The summed E-state index contributed by atoms with van der Waals surface area (Å²) in [4.78, 5) is 12.4. The van der Waals surface area contributed by atoms with Crippen LogP contribution in [-0.2, 0) is 6.54 Å². The van der Waals surface area contributed by atoms with Gasteiger partial charge in [0.2, 0.25) is 5.82 Å². The molecular weight excluding hydrogens is 215 g/mol. The highest BCUT2D eigenvalue weighted by atomic mass is 19.3. The van der Waals surface area contributed by atoms with Crippen molar-refractivity contribution in [1.29, 1.82) is 0 Å². The van der Waals surface area contributed by atoms with E-state index in [-0.39, 0.29) is 12.1 Å². The van der Waals surface area contributed by atoms with E-state index in [0.29, 0.717) is 0 Å². The fourth-order valence-corrected chi connectivity index (χ4v) is 1.03. The Kier molecular flexibility index (Phi) is 3.20. The number of rotatable bonds is 3. The first-order valence-corrected chi connectivity index (χ1v) is 3.79. The SMILES string of the molecule is NCc1cnc(C(F)F)c(F)c1[N+](=O)[O-]. The Bertz CT molecular complexity index is 397. The van der Waals surface area contributed by atoms with Crippen LogP contribution in [0.1, 0.15) is 17.7 Å². The number of hydrogen-bond acceptors (Lipinski definition) is 4. The summed E-state index contributed by atoms with van der Waals surface area (Å²) in [5, 5.41) is 10.4. The van der Waals surface area contributed by atoms with E-state index < -0.39 is 28.5 Å². The maximum atomic E-state index is 13.2. The second-order valence-electron chi connectivity index (χ2n) is 2.59. The Labute approximate surface area is 81.9 Å². The zero-order valence-electron chi connectivity index (χ0n) is 7.28. The maximum absolute atomic E-state index is 13.2. The number of alkyl halides is 2. The summed E-state index contributed by atoms with van der Waals surface area (Å²) in [5.41, 5.74) is 2.59. The molecule has 0 spiro atoms. The van der Waals surface area contributed by atoms with Crippen LogP contribution in [0, 0.1) is 15.9 Å². The minimum atomic E-state index is -3.20. The van der Waals surface area contributed by atoms with Gasteiger partial charge >= 0.3 is 5.69 Å². The van der Waals surface area contributed by atoms with Gasteiger partial charge in [0.1, 0.15) is 5.69 Å². The van der Waals surface area contributed by atoms with Gasteiger partial charge in [0.05, 0.1) is 10.5 Å². The van der Waals surface area contributed by atoms with Crippen LogP contribution in [0.3, 0.4) is 0 Å². The normalized spacial score (nSPS) is 10.7. The van der Waals surface area contributed by atoms with Crippen molar-refractivity contribution in [2.45, 2.75) is 13.0 Å². The summed E-state index contributed by atoms with van der Waals surface area (Å²) in [6.45, 7) is -0.344. The Morgan fingerprint density at radius 2 is 2.20 bits per heavy atom. The molecule has 0 radical (unpaired) electrons. The molecule has 0 aliphatic carbocycles. The van der Waals surface area contributed by atoms with Gasteiger partial charge in [0, 0.05) is 12.7 Å². The molecule has 1 aromatic rings. The third-order valence-corrected chi connectivity index (χ3v) is 1.71. The van der Waals surface area contributed by atoms with Gasteiger partial charge in [-0.3, -0.25) is 15.1 Å². The van der Waals surface area contributed by atoms with E-state index in [1.54, 1.807) is 0 Å². The quantitative estimate of drug-likeness (QED) is 0.619. The lowest BCUT2D eigenvalue weighted by Crippen LogP contribution is -2.08. The first kappa shape index (κ1) is 11.4. The fourth-order valence-electron chi connectivity index (χ4n) is 1.03. The number of pyridine rings is 1. The molecule has 15 heavy (non-hydrogen) atoms. The van der Waals surface area contributed by atoms with Gasteiger partial charge in [-0.1, -0.05) is 0 Å². The smallest absolute Gasteiger partial charge is 0.312 e. The monoisotopic (exact) mass is 221 g/mol. The lowest BCUT2D eigenvalue weighted by atomic mass is 10.2. The van der Waals surface area contributed by atoms with Crippen LogP contribution < -0.4 is 5.73 Å². The second kappa shape index (κ2) is 4.22. The van der Waals surface area contributed by atoms with Crippen molar-refractivity contribution in [2.75, 3.05) is 0 Å². The Morgan fingerprint density at radius 3 is 2.60 bits per heavy atom. The molecule has 2 N–H and O–H groups in total. The molecule has 0 aliphatic rings. The summed E-state index contributed by atoms with van der Waals surface area (Å²) >= 11 is 0. The molecule has 0 aromatic carbocycles.